The van der Waals surface area contributed by atoms with Gasteiger partial charge in [0.2, 0.25) is 0 Å². The second-order valence-corrected chi connectivity index (χ2v) is 9.17. The van der Waals surface area contributed by atoms with E-state index in [0.29, 0.717) is 28.7 Å². The molecule has 0 unspecified atom stereocenters. The Morgan fingerprint density at radius 3 is 2.47 bits per heavy atom. The van der Waals surface area contributed by atoms with Gasteiger partial charge < -0.3 is 14.4 Å². The molecule has 1 fully saturated rings. The van der Waals surface area contributed by atoms with Crippen molar-refractivity contribution in [3.8, 4) is 11.5 Å². The molecule has 1 amide bonds. The van der Waals surface area contributed by atoms with Gasteiger partial charge in [-0.3, -0.25) is 4.79 Å². The first-order valence-corrected chi connectivity index (χ1v) is 12.1. The summed E-state index contributed by atoms with van der Waals surface area (Å²) in [6.07, 6.45) is 3.99. The molecule has 1 aliphatic rings. The summed E-state index contributed by atoms with van der Waals surface area (Å²) < 4.78 is 12.2. The Hall–Kier alpha value is -3.03. The first kappa shape index (κ1) is 24.1. The van der Waals surface area contributed by atoms with E-state index in [-0.39, 0.29) is 5.91 Å². The van der Waals surface area contributed by atoms with Gasteiger partial charge in [-0.1, -0.05) is 23.7 Å². The number of nitrogens with zero attached hydrogens (tertiary/aromatic N) is 2. The van der Waals surface area contributed by atoms with Gasteiger partial charge in [0.25, 0.3) is 5.91 Å². The fraction of sp³-hybridized carbons (Fsp3) is 0.231. The first-order valence-electron chi connectivity index (χ1n) is 11.0. The number of carbonyl (C=O) groups excluding carboxylic acids is 1. The van der Waals surface area contributed by atoms with Gasteiger partial charge in [-0.2, -0.15) is 5.10 Å². The molecule has 34 heavy (non-hydrogen) atoms. The van der Waals surface area contributed by atoms with E-state index in [1.54, 1.807) is 19.4 Å². The number of hydrogen-bond acceptors (Lipinski definition) is 5. The maximum Gasteiger partial charge on any atom is 0.271 e. The highest BCUT2D eigenvalue weighted by Gasteiger charge is 2.13. The predicted molar refractivity (Wildman–Crippen MR) is 139 cm³/mol. The van der Waals surface area contributed by atoms with Crippen LogP contribution in [-0.4, -0.2) is 32.3 Å². The largest absolute Gasteiger partial charge is 0.493 e. The molecule has 8 heteroatoms. The molecule has 1 N–H and O–H groups in total. The quantitative estimate of drug-likeness (QED) is 0.278. The number of carbonyl (C=O) groups is 1. The number of anilines is 1. The Balaban J connectivity index is 1.38. The summed E-state index contributed by atoms with van der Waals surface area (Å²) >= 11 is 9.47. The van der Waals surface area contributed by atoms with Crippen molar-refractivity contribution < 1.29 is 14.3 Å². The summed E-state index contributed by atoms with van der Waals surface area (Å²) in [6, 6.07) is 18.7. The summed E-state index contributed by atoms with van der Waals surface area (Å²) in [4.78, 5) is 14.8. The number of ether oxygens (including phenoxy) is 2. The number of amides is 1. The van der Waals surface area contributed by atoms with Crippen molar-refractivity contribution in [3.63, 3.8) is 0 Å². The molecular weight excluding hydrogens is 518 g/mol. The Morgan fingerprint density at radius 1 is 1.09 bits per heavy atom. The highest BCUT2D eigenvalue weighted by Crippen LogP contribution is 2.33. The van der Waals surface area contributed by atoms with E-state index in [9.17, 15) is 4.79 Å². The van der Waals surface area contributed by atoms with E-state index in [0.717, 1.165) is 34.4 Å². The smallest absolute Gasteiger partial charge is 0.271 e. The normalized spacial score (nSPS) is 13.3. The Bertz CT molecular complexity index is 1160. The van der Waals surface area contributed by atoms with E-state index in [1.165, 1.54) is 12.8 Å². The third-order valence-corrected chi connectivity index (χ3v) is 6.50. The average molecular weight is 543 g/mol. The van der Waals surface area contributed by atoms with Crippen molar-refractivity contribution in [1.29, 1.82) is 0 Å². The summed E-state index contributed by atoms with van der Waals surface area (Å²) in [5, 5.41) is 4.79. The van der Waals surface area contributed by atoms with Crippen molar-refractivity contribution >= 4 is 45.3 Å². The van der Waals surface area contributed by atoms with Crippen LogP contribution in [0.3, 0.4) is 0 Å². The number of rotatable bonds is 8. The van der Waals surface area contributed by atoms with Gasteiger partial charge in [0.1, 0.15) is 6.61 Å². The Labute approximate surface area is 212 Å². The first-order chi connectivity index (χ1) is 16.5. The molecule has 1 saturated heterocycles. The lowest BCUT2D eigenvalue weighted by Gasteiger charge is -2.17. The highest BCUT2D eigenvalue weighted by atomic mass is 79.9. The van der Waals surface area contributed by atoms with Gasteiger partial charge in [0, 0.05) is 39.4 Å². The van der Waals surface area contributed by atoms with E-state index >= 15 is 0 Å². The lowest BCUT2D eigenvalue weighted by Crippen LogP contribution is -2.19. The van der Waals surface area contributed by atoms with E-state index < -0.39 is 0 Å². The van der Waals surface area contributed by atoms with Gasteiger partial charge in [0.05, 0.1) is 13.3 Å². The minimum Gasteiger partial charge on any atom is -0.493 e. The fourth-order valence-electron chi connectivity index (χ4n) is 3.69. The van der Waals surface area contributed by atoms with Crippen LogP contribution in [0.1, 0.15) is 34.3 Å². The van der Waals surface area contributed by atoms with Crippen molar-refractivity contribution in [2.45, 2.75) is 19.4 Å². The van der Waals surface area contributed by atoms with Crippen LogP contribution in [-0.2, 0) is 6.61 Å². The Morgan fingerprint density at radius 2 is 1.79 bits per heavy atom. The number of methoxy groups -OCH3 is 1. The summed E-state index contributed by atoms with van der Waals surface area (Å²) in [7, 11) is 1.58. The predicted octanol–water partition coefficient (Wildman–Crippen LogP) is 6.05. The standard InChI is InChI=1S/C26H25BrClN3O3/c1-33-24-14-20(23(27)15-25(24)34-17-18-4-8-21(28)9-5-18)16-29-30-26(32)19-6-10-22(11-7-19)31-12-2-3-13-31/h4-11,14-16H,2-3,12-13,17H2,1H3,(H,30,32)/b29-16-. The van der Waals surface area contributed by atoms with Crippen molar-refractivity contribution in [2.75, 3.05) is 25.1 Å². The van der Waals surface area contributed by atoms with Gasteiger partial charge in [0.15, 0.2) is 11.5 Å². The zero-order chi connectivity index (χ0) is 23.9. The number of nitrogens with one attached hydrogen (secondary N) is 1. The topological polar surface area (TPSA) is 63.2 Å². The van der Waals surface area contributed by atoms with Gasteiger partial charge in [-0.15, -0.1) is 0 Å². The van der Waals surface area contributed by atoms with Crippen molar-refractivity contribution in [2.24, 2.45) is 5.10 Å². The maximum absolute atomic E-state index is 12.5. The fourth-order valence-corrected chi connectivity index (χ4v) is 4.24. The van der Waals surface area contributed by atoms with Crippen LogP contribution < -0.4 is 19.8 Å². The molecule has 0 bridgehead atoms. The van der Waals surface area contributed by atoms with Gasteiger partial charge >= 0.3 is 0 Å². The van der Waals surface area contributed by atoms with Crippen molar-refractivity contribution in [1.82, 2.24) is 5.43 Å². The van der Waals surface area contributed by atoms with Crippen LogP contribution in [0.4, 0.5) is 5.69 Å². The third kappa shape index (κ3) is 6.10. The SMILES string of the molecule is COc1cc(/C=N\NC(=O)c2ccc(N3CCCC3)cc2)c(Br)cc1OCc1ccc(Cl)cc1. The lowest BCUT2D eigenvalue weighted by atomic mass is 10.2. The minimum absolute atomic E-state index is 0.268. The zero-order valence-electron chi connectivity index (χ0n) is 18.8. The van der Waals surface area contributed by atoms with E-state index in [1.807, 2.05) is 54.6 Å². The molecular formula is C26H25BrClN3O3. The van der Waals surface area contributed by atoms with Crippen molar-refractivity contribution in [3.05, 3.63) is 86.8 Å². The second kappa shape index (κ2) is 11.4. The average Bonchev–Trinajstić information content (AvgIpc) is 3.40. The summed E-state index contributed by atoms with van der Waals surface area (Å²) in [6.45, 7) is 2.51. The molecule has 176 valence electrons. The van der Waals surface area contributed by atoms with Crippen LogP contribution in [0.15, 0.2) is 70.2 Å². The number of hydrogen-bond donors (Lipinski definition) is 1. The molecule has 0 spiro atoms. The van der Waals surface area contributed by atoms with Crippen LogP contribution in [0.5, 0.6) is 11.5 Å². The monoisotopic (exact) mass is 541 g/mol. The number of hydrazone groups is 1. The zero-order valence-corrected chi connectivity index (χ0v) is 21.1. The van der Waals surface area contributed by atoms with E-state index in [2.05, 4.69) is 31.4 Å². The molecule has 1 heterocycles. The summed E-state index contributed by atoms with van der Waals surface area (Å²) in [5.74, 6) is 0.876. The molecule has 4 rings (SSSR count). The molecule has 0 aromatic heterocycles. The second-order valence-electron chi connectivity index (χ2n) is 7.88. The molecule has 3 aromatic carbocycles. The molecule has 0 radical (unpaired) electrons. The summed E-state index contributed by atoms with van der Waals surface area (Å²) in [5.41, 5.74) is 6.01. The molecule has 0 aliphatic carbocycles. The molecule has 6 nitrogen and oxygen atoms in total. The highest BCUT2D eigenvalue weighted by molar-refractivity contribution is 9.10. The minimum atomic E-state index is -0.268. The van der Waals surface area contributed by atoms with Gasteiger partial charge in [-0.05, 0) is 82.9 Å². The molecule has 0 atom stereocenters. The van der Waals surface area contributed by atoms with Crippen LogP contribution in [0.2, 0.25) is 5.02 Å². The number of benzene rings is 3. The van der Waals surface area contributed by atoms with Crippen LogP contribution in [0.25, 0.3) is 0 Å². The molecule has 0 saturated carbocycles. The Kier molecular flexibility index (Phi) is 8.08. The molecule has 3 aromatic rings. The van der Waals surface area contributed by atoms with E-state index in [4.69, 9.17) is 21.1 Å². The van der Waals surface area contributed by atoms with Crippen LogP contribution >= 0.6 is 27.5 Å². The lowest BCUT2D eigenvalue weighted by molar-refractivity contribution is 0.0955. The van der Waals surface area contributed by atoms with Gasteiger partial charge in [-0.25, -0.2) is 5.43 Å². The van der Waals surface area contributed by atoms with Crippen LogP contribution in [0, 0.1) is 0 Å². The molecule has 1 aliphatic heterocycles. The third-order valence-electron chi connectivity index (χ3n) is 5.56. The maximum atomic E-state index is 12.5. The number of halogens is 2.